The fourth-order valence-corrected chi connectivity index (χ4v) is 4.87. The first-order chi connectivity index (χ1) is 11.4. The van der Waals surface area contributed by atoms with Crippen LogP contribution >= 0.6 is 0 Å². The first-order valence-electron chi connectivity index (χ1n) is 10.2. The maximum absolute atomic E-state index is 2.80. The Morgan fingerprint density at radius 2 is 1.56 bits per heavy atom. The fourth-order valence-electron chi connectivity index (χ4n) is 4.87. The Morgan fingerprint density at radius 3 is 2.04 bits per heavy atom. The van der Waals surface area contributed by atoms with Crippen molar-refractivity contribution in [1.82, 2.24) is 19.6 Å². The Hall–Kier alpha value is -0.160. The summed E-state index contributed by atoms with van der Waals surface area (Å²) in [6.45, 7) is 17.1. The minimum absolute atomic E-state index is 0.269. The summed E-state index contributed by atoms with van der Waals surface area (Å²) in [6, 6.07) is 1.44. The highest BCUT2D eigenvalue weighted by Crippen LogP contribution is 2.36. The van der Waals surface area contributed by atoms with E-state index in [0.29, 0.717) is 11.6 Å². The summed E-state index contributed by atoms with van der Waals surface area (Å²) in [5.74, 6) is 0.848. The van der Waals surface area contributed by atoms with Crippen LogP contribution in [0.5, 0.6) is 0 Å². The van der Waals surface area contributed by atoms with Gasteiger partial charge in [0, 0.05) is 42.8 Å². The van der Waals surface area contributed by atoms with Crippen LogP contribution in [0.2, 0.25) is 0 Å². The lowest BCUT2D eigenvalue weighted by Gasteiger charge is -2.55. The van der Waals surface area contributed by atoms with Crippen LogP contribution < -0.4 is 0 Å². The molecular formula is C21H44N4. The SMILES string of the molecule is CN(C)CC1CCN(C(C)(C)C)C(CC(C)(C)N2CC(N(C)C)C2)C1. The van der Waals surface area contributed by atoms with E-state index in [1.54, 1.807) is 0 Å². The Labute approximate surface area is 157 Å². The summed E-state index contributed by atoms with van der Waals surface area (Å²) < 4.78 is 0. The van der Waals surface area contributed by atoms with Crippen molar-refractivity contribution < 1.29 is 0 Å². The van der Waals surface area contributed by atoms with Crippen LogP contribution in [0.25, 0.3) is 0 Å². The molecule has 4 heteroatoms. The molecule has 0 N–H and O–H groups in total. The monoisotopic (exact) mass is 352 g/mol. The van der Waals surface area contributed by atoms with Crippen molar-refractivity contribution in [3.63, 3.8) is 0 Å². The van der Waals surface area contributed by atoms with Crippen LogP contribution in [0, 0.1) is 5.92 Å². The van der Waals surface area contributed by atoms with Crippen LogP contribution in [0.3, 0.4) is 0 Å². The van der Waals surface area contributed by atoms with Gasteiger partial charge in [0.15, 0.2) is 0 Å². The second kappa shape index (κ2) is 7.84. The molecular weight excluding hydrogens is 308 g/mol. The number of hydrogen-bond acceptors (Lipinski definition) is 4. The lowest BCUT2D eigenvalue weighted by molar-refractivity contribution is -0.0500. The molecule has 2 rings (SSSR count). The van der Waals surface area contributed by atoms with Crippen LogP contribution in [-0.2, 0) is 0 Å². The first kappa shape index (κ1) is 21.1. The minimum atomic E-state index is 0.269. The largest absolute Gasteiger partial charge is 0.309 e. The molecule has 0 spiro atoms. The summed E-state index contributed by atoms with van der Waals surface area (Å²) in [5, 5.41) is 0. The fraction of sp³-hybridized carbons (Fsp3) is 1.00. The molecule has 2 heterocycles. The molecule has 148 valence electrons. The van der Waals surface area contributed by atoms with E-state index in [0.717, 1.165) is 12.0 Å². The topological polar surface area (TPSA) is 13.0 Å². The van der Waals surface area contributed by atoms with E-state index in [2.05, 4.69) is 82.4 Å². The number of likely N-dealkylation sites (tertiary alicyclic amines) is 2. The second-order valence-corrected chi connectivity index (χ2v) is 10.7. The van der Waals surface area contributed by atoms with E-state index in [1.165, 1.54) is 45.4 Å². The van der Waals surface area contributed by atoms with E-state index in [4.69, 9.17) is 0 Å². The molecule has 2 unspecified atom stereocenters. The number of likely N-dealkylation sites (N-methyl/N-ethyl adjacent to an activating group) is 1. The van der Waals surface area contributed by atoms with Crippen molar-refractivity contribution in [3.8, 4) is 0 Å². The third-order valence-electron chi connectivity index (χ3n) is 6.49. The minimum Gasteiger partial charge on any atom is -0.309 e. The molecule has 2 aliphatic heterocycles. The van der Waals surface area contributed by atoms with Crippen LogP contribution in [0.4, 0.5) is 0 Å². The number of piperidine rings is 1. The molecule has 2 atom stereocenters. The van der Waals surface area contributed by atoms with Gasteiger partial charge in [-0.3, -0.25) is 9.80 Å². The average molecular weight is 353 g/mol. The maximum Gasteiger partial charge on any atom is 0.0344 e. The van der Waals surface area contributed by atoms with Gasteiger partial charge in [0.25, 0.3) is 0 Å². The number of hydrogen-bond donors (Lipinski definition) is 0. The quantitative estimate of drug-likeness (QED) is 0.729. The van der Waals surface area contributed by atoms with Crippen LogP contribution in [0.1, 0.15) is 53.9 Å². The summed E-state index contributed by atoms with van der Waals surface area (Å²) in [6.07, 6.45) is 3.98. The Morgan fingerprint density at radius 1 is 0.960 bits per heavy atom. The Bertz CT molecular complexity index is 418. The Kier molecular flexibility index (Phi) is 6.63. The predicted octanol–water partition coefficient (Wildman–Crippen LogP) is 2.84. The van der Waals surface area contributed by atoms with E-state index in [1.807, 2.05) is 0 Å². The first-order valence-corrected chi connectivity index (χ1v) is 10.2. The molecule has 4 nitrogen and oxygen atoms in total. The lowest BCUT2D eigenvalue weighted by Crippen LogP contribution is -2.65. The van der Waals surface area contributed by atoms with Gasteiger partial charge in [-0.05, 0) is 94.5 Å². The van der Waals surface area contributed by atoms with Crippen molar-refractivity contribution in [1.29, 1.82) is 0 Å². The highest BCUT2D eigenvalue weighted by atomic mass is 15.3. The summed E-state index contributed by atoms with van der Waals surface area (Å²) in [5.41, 5.74) is 0.561. The smallest absolute Gasteiger partial charge is 0.0344 e. The highest BCUT2D eigenvalue weighted by Gasteiger charge is 2.43. The van der Waals surface area contributed by atoms with Crippen molar-refractivity contribution in [2.45, 2.75) is 77.0 Å². The second-order valence-electron chi connectivity index (χ2n) is 10.7. The molecule has 0 saturated carbocycles. The molecule has 0 radical (unpaired) electrons. The van der Waals surface area contributed by atoms with Gasteiger partial charge in [0.2, 0.25) is 0 Å². The molecule has 0 bridgehead atoms. The molecule has 2 fully saturated rings. The molecule has 0 aromatic rings. The summed E-state index contributed by atoms with van der Waals surface area (Å²) in [4.78, 5) is 10.2. The van der Waals surface area contributed by atoms with Crippen molar-refractivity contribution >= 4 is 0 Å². The third-order valence-corrected chi connectivity index (χ3v) is 6.49. The summed E-state index contributed by atoms with van der Waals surface area (Å²) in [7, 11) is 8.86. The van der Waals surface area contributed by atoms with Gasteiger partial charge in [-0.1, -0.05) is 0 Å². The Balaban J connectivity index is 2.03. The molecule has 0 aromatic carbocycles. The van der Waals surface area contributed by atoms with Crippen molar-refractivity contribution in [2.75, 3.05) is 54.4 Å². The lowest BCUT2D eigenvalue weighted by atomic mass is 9.80. The van der Waals surface area contributed by atoms with Gasteiger partial charge in [0.1, 0.15) is 0 Å². The molecule has 2 aliphatic rings. The zero-order valence-corrected chi connectivity index (χ0v) is 18.5. The zero-order valence-electron chi connectivity index (χ0n) is 18.5. The maximum atomic E-state index is 2.80. The van der Waals surface area contributed by atoms with Gasteiger partial charge >= 0.3 is 0 Å². The highest BCUT2D eigenvalue weighted by molar-refractivity contribution is 4.99. The van der Waals surface area contributed by atoms with Gasteiger partial charge in [0.05, 0.1) is 0 Å². The van der Waals surface area contributed by atoms with E-state index in [9.17, 15) is 0 Å². The van der Waals surface area contributed by atoms with Gasteiger partial charge < -0.3 is 9.80 Å². The van der Waals surface area contributed by atoms with E-state index >= 15 is 0 Å². The van der Waals surface area contributed by atoms with E-state index in [-0.39, 0.29) is 5.54 Å². The molecule has 2 saturated heterocycles. The zero-order chi connectivity index (χ0) is 19.0. The van der Waals surface area contributed by atoms with Gasteiger partial charge in [-0.15, -0.1) is 0 Å². The third kappa shape index (κ3) is 5.41. The molecule has 0 amide bonds. The van der Waals surface area contributed by atoms with E-state index < -0.39 is 0 Å². The molecule has 25 heavy (non-hydrogen) atoms. The predicted molar refractivity (Wildman–Crippen MR) is 109 cm³/mol. The molecule has 0 aromatic heterocycles. The van der Waals surface area contributed by atoms with Gasteiger partial charge in [-0.25, -0.2) is 0 Å². The number of nitrogens with zero attached hydrogens (tertiary/aromatic N) is 4. The molecule has 0 aliphatic carbocycles. The normalized spacial score (nSPS) is 28.0. The van der Waals surface area contributed by atoms with Crippen LogP contribution in [0.15, 0.2) is 0 Å². The van der Waals surface area contributed by atoms with Crippen LogP contribution in [-0.4, -0.2) is 97.1 Å². The van der Waals surface area contributed by atoms with Crippen molar-refractivity contribution in [3.05, 3.63) is 0 Å². The van der Waals surface area contributed by atoms with Crippen molar-refractivity contribution in [2.24, 2.45) is 5.92 Å². The standard InChI is InChI=1S/C21H44N4/c1-20(2,3)25-11-10-17(14-22(6)7)12-18(25)13-21(4,5)24-15-19(16-24)23(8)9/h17-19H,10-16H2,1-9H3. The average Bonchev–Trinajstić information content (AvgIpc) is 2.32. The van der Waals surface area contributed by atoms with Gasteiger partial charge in [-0.2, -0.15) is 0 Å². The summed E-state index contributed by atoms with van der Waals surface area (Å²) >= 11 is 0. The number of rotatable bonds is 6.